The monoisotopic (exact) mass is 356 g/mol. The first kappa shape index (κ1) is 15.5. The van der Waals surface area contributed by atoms with E-state index in [-0.39, 0.29) is 5.82 Å². The van der Waals surface area contributed by atoms with Gasteiger partial charge in [-0.05, 0) is 35.9 Å². The third kappa shape index (κ3) is 3.39. The van der Waals surface area contributed by atoms with Gasteiger partial charge in [-0.3, -0.25) is 0 Å². The lowest BCUT2D eigenvalue weighted by molar-refractivity contribution is 0.530. The molecule has 0 aliphatic carbocycles. The summed E-state index contributed by atoms with van der Waals surface area (Å²) in [6.45, 7) is 0. The quantitative estimate of drug-likeness (QED) is 0.608. The molecule has 3 aromatic rings. The number of para-hydroxylation sites is 1. The van der Waals surface area contributed by atoms with Crippen molar-refractivity contribution < 1.29 is 8.81 Å². The fourth-order valence-electron chi connectivity index (χ4n) is 2.33. The highest BCUT2D eigenvalue weighted by Gasteiger charge is 2.14. The first-order valence-electron chi connectivity index (χ1n) is 7.41. The highest BCUT2D eigenvalue weighted by molar-refractivity contribution is 8.38. The van der Waals surface area contributed by atoms with Gasteiger partial charge in [-0.1, -0.05) is 41.7 Å². The molecule has 1 aliphatic rings. The van der Waals surface area contributed by atoms with Gasteiger partial charge in [0.2, 0.25) is 5.89 Å². The van der Waals surface area contributed by atoms with Crippen molar-refractivity contribution in [1.82, 2.24) is 4.98 Å². The van der Waals surface area contributed by atoms with Gasteiger partial charge >= 0.3 is 0 Å². The second-order valence-electron chi connectivity index (χ2n) is 5.21. The van der Waals surface area contributed by atoms with Gasteiger partial charge < -0.3 is 4.42 Å². The van der Waals surface area contributed by atoms with Crippen molar-refractivity contribution in [2.24, 2.45) is 4.99 Å². The highest BCUT2D eigenvalue weighted by Crippen LogP contribution is 2.35. The van der Waals surface area contributed by atoms with Crippen molar-refractivity contribution in [2.45, 2.75) is 11.5 Å². The Morgan fingerprint density at radius 1 is 1.12 bits per heavy atom. The first-order chi connectivity index (χ1) is 11.8. The molecule has 2 aromatic carbocycles. The molecule has 1 aliphatic heterocycles. The summed E-state index contributed by atoms with van der Waals surface area (Å²) >= 11 is 3.35. The number of fused-ring (bicyclic) bond motifs is 1. The molecule has 1 aromatic heterocycles. The van der Waals surface area contributed by atoms with E-state index in [1.165, 1.54) is 17.7 Å². The van der Waals surface area contributed by atoms with Crippen LogP contribution in [0.25, 0.3) is 11.3 Å². The average molecular weight is 356 g/mol. The third-order valence-corrected chi connectivity index (χ3v) is 5.79. The predicted octanol–water partition coefficient (Wildman–Crippen LogP) is 5.65. The summed E-state index contributed by atoms with van der Waals surface area (Å²) in [5, 5.41) is 0. The number of hydrogen-bond donors (Lipinski definition) is 0. The molecule has 3 nitrogen and oxygen atoms in total. The first-order valence-corrected chi connectivity index (χ1v) is 9.38. The van der Waals surface area contributed by atoms with Gasteiger partial charge in [0.15, 0.2) is 5.76 Å². The number of thioether (sulfide) groups is 2. The fraction of sp³-hybridized carbons (Fsp3) is 0.111. The maximum absolute atomic E-state index is 13.0. The molecule has 0 bridgehead atoms. The minimum Gasteiger partial charge on any atom is -0.440 e. The van der Waals surface area contributed by atoms with Gasteiger partial charge in [0.1, 0.15) is 10.2 Å². The van der Waals surface area contributed by atoms with Crippen molar-refractivity contribution in [3.8, 4) is 11.3 Å². The number of halogens is 1. The summed E-state index contributed by atoms with van der Waals surface area (Å²) < 4.78 is 19.7. The molecule has 0 radical (unpaired) electrons. The normalized spacial score (nSPS) is 13.5. The van der Waals surface area contributed by atoms with Crippen LogP contribution in [0.3, 0.4) is 0 Å². The second kappa shape index (κ2) is 6.83. The van der Waals surface area contributed by atoms with Crippen molar-refractivity contribution in [2.75, 3.05) is 0 Å². The van der Waals surface area contributed by atoms with Gasteiger partial charge in [-0.25, -0.2) is 14.4 Å². The topological polar surface area (TPSA) is 38.4 Å². The molecular weight excluding hydrogens is 343 g/mol. The van der Waals surface area contributed by atoms with Crippen LogP contribution < -0.4 is 0 Å². The molecule has 0 fully saturated rings. The maximum atomic E-state index is 13.0. The van der Waals surface area contributed by atoms with Crippen molar-refractivity contribution in [3.63, 3.8) is 0 Å². The van der Waals surface area contributed by atoms with Crippen LogP contribution in [-0.2, 0) is 11.5 Å². The Balaban J connectivity index is 1.44. The standard InChI is InChI=1S/C18H13FN2OS2/c19-14-7-5-12(6-8-14)16-9-20-17(22-16)11-24-18-21-15-4-2-1-3-13(15)10-23-18/h1-9H,10-11H2. The van der Waals surface area contributed by atoms with Crippen molar-refractivity contribution in [3.05, 3.63) is 72.0 Å². The number of hydrogen-bond acceptors (Lipinski definition) is 5. The van der Waals surface area contributed by atoms with E-state index in [0.717, 1.165) is 21.4 Å². The number of benzene rings is 2. The lowest BCUT2D eigenvalue weighted by Gasteiger charge is -2.13. The summed E-state index contributed by atoms with van der Waals surface area (Å²) in [5.74, 6) is 2.58. The average Bonchev–Trinajstić information content (AvgIpc) is 3.09. The van der Waals surface area contributed by atoms with Crippen molar-refractivity contribution >= 4 is 33.6 Å². The second-order valence-corrected chi connectivity index (χ2v) is 7.40. The SMILES string of the molecule is Fc1ccc(-c2cnc(CSC3=Nc4ccccc4CS3)o2)cc1. The molecule has 2 heterocycles. The zero-order valence-electron chi connectivity index (χ0n) is 12.6. The maximum Gasteiger partial charge on any atom is 0.205 e. The van der Waals surface area contributed by atoms with Crippen molar-refractivity contribution in [1.29, 1.82) is 0 Å². The van der Waals surface area contributed by atoms with E-state index in [9.17, 15) is 4.39 Å². The lowest BCUT2D eigenvalue weighted by atomic mass is 10.2. The van der Waals surface area contributed by atoms with E-state index in [1.807, 2.05) is 18.2 Å². The molecule has 4 rings (SSSR count). The zero-order chi connectivity index (χ0) is 16.4. The van der Waals surface area contributed by atoms with Crippen LogP contribution in [0.15, 0.2) is 64.1 Å². The van der Waals surface area contributed by atoms with E-state index in [0.29, 0.717) is 17.4 Å². The van der Waals surface area contributed by atoms with Crippen LogP contribution in [0, 0.1) is 5.82 Å². The summed E-state index contributed by atoms with van der Waals surface area (Å²) in [5.41, 5.74) is 3.12. The van der Waals surface area contributed by atoms with Gasteiger partial charge in [0.25, 0.3) is 0 Å². The molecule has 0 N–H and O–H groups in total. The third-order valence-electron chi connectivity index (χ3n) is 3.56. The minimum absolute atomic E-state index is 0.262. The number of rotatable bonds is 3. The molecular formula is C18H13FN2OS2. The minimum atomic E-state index is -0.262. The van der Waals surface area contributed by atoms with Crippen LogP contribution in [0.5, 0.6) is 0 Å². The zero-order valence-corrected chi connectivity index (χ0v) is 14.2. The van der Waals surface area contributed by atoms with Crippen LogP contribution >= 0.6 is 23.5 Å². The Bertz CT molecular complexity index is 890. The molecule has 0 saturated carbocycles. The van der Waals surface area contributed by atoms with Crippen LogP contribution in [0.4, 0.5) is 10.1 Å². The fourth-order valence-corrected chi connectivity index (χ4v) is 4.25. The molecule has 0 amide bonds. The summed E-state index contributed by atoms with van der Waals surface area (Å²) in [7, 11) is 0. The van der Waals surface area contributed by atoms with Gasteiger partial charge in [0.05, 0.1) is 17.6 Å². The largest absolute Gasteiger partial charge is 0.440 e. The Hall–Kier alpha value is -2.05. The highest BCUT2D eigenvalue weighted by atomic mass is 32.2. The number of oxazole rings is 1. The van der Waals surface area contributed by atoms with Gasteiger partial charge in [0, 0.05) is 11.3 Å². The number of aliphatic imine (C=N–C) groups is 1. The molecule has 6 heteroatoms. The molecule has 0 saturated heterocycles. The Morgan fingerprint density at radius 3 is 2.83 bits per heavy atom. The van der Waals surface area contributed by atoms with E-state index in [1.54, 1.807) is 41.9 Å². The molecule has 0 atom stereocenters. The van der Waals surface area contributed by atoms with Gasteiger partial charge in [-0.15, -0.1) is 0 Å². The Morgan fingerprint density at radius 2 is 1.96 bits per heavy atom. The summed E-state index contributed by atoms with van der Waals surface area (Å²) in [4.78, 5) is 8.96. The number of aromatic nitrogens is 1. The van der Waals surface area contributed by atoms with Crippen LogP contribution in [-0.4, -0.2) is 9.36 Å². The Labute approximate surface area is 147 Å². The van der Waals surface area contributed by atoms with Gasteiger partial charge in [-0.2, -0.15) is 0 Å². The van der Waals surface area contributed by atoms with Crippen LogP contribution in [0.2, 0.25) is 0 Å². The van der Waals surface area contributed by atoms with E-state index in [2.05, 4.69) is 16.0 Å². The summed E-state index contributed by atoms with van der Waals surface area (Å²) in [6, 6.07) is 14.4. The molecule has 120 valence electrons. The molecule has 24 heavy (non-hydrogen) atoms. The van der Waals surface area contributed by atoms with E-state index < -0.39 is 0 Å². The van der Waals surface area contributed by atoms with E-state index in [4.69, 9.17) is 4.42 Å². The smallest absolute Gasteiger partial charge is 0.205 e. The molecule has 0 spiro atoms. The lowest BCUT2D eigenvalue weighted by Crippen LogP contribution is -1.96. The van der Waals surface area contributed by atoms with E-state index >= 15 is 0 Å². The van der Waals surface area contributed by atoms with Crippen LogP contribution in [0.1, 0.15) is 11.5 Å². The predicted molar refractivity (Wildman–Crippen MR) is 98.0 cm³/mol. The summed E-state index contributed by atoms with van der Waals surface area (Å²) in [6.07, 6.45) is 1.67. The molecule has 0 unspecified atom stereocenters. The number of nitrogens with zero attached hydrogens (tertiary/aromatic N) is 2. The Kier molecular flexibility index (Phi) is 4.40.